The van der Waals surface area contributed by atoms with Gasteiger partial charge in [-0.1, -0.05) is 12.5 Å². The van der Waals surface area contributed by atoms with Gasteiger partial charge in [0.15, 0.2) is 5.96 Å². The molecule has 0 unspecified atom stereocenters. The summed E-state index contributed by atoms with van der Waals surface area (Å²) in [5.41, 5.74) is 44.6. The lowest BCUT2D eigenvalue weighted by atomic mass is 10.0. The van der Waals surface area contributed by atoms with Gasteiger partial charge in [-0.25, -0.2) is 9.78 Å². The monoisotopic (exact) mass is 1070 g/mol. The second-order valence-corrected chi connectivity index (χ2v) is 17.6. The summed E-state index contributed by atoms with van der Waals surface area (Å²) in [6.07, 6.45) is 3.30. The molecule has 75 heavy (non-hydrogen) atoms. The molecule has 1 aromatic rings. The third kappa shape index (κ3) is 22.6. The van der Waals surface area contributed by atoms with Crippen LogP contribution < -0.4 is 83.1 Å². The van der Waals surface area contributed by atoms with Gasteiger partial charge in [0.2, 0.25) is 47.3 Å². The standard InChI is InChI=1S/C44H79N19O12/c45-13-3-1-8-25(50)36(67)61-35(32(65)20-49)41(72)62-34(31(64)19-48)40(71)55-22-33(66)57-27(10-5-15-47)42(73)63-17-7-12-30(63)39(70)60-29(18-24-21-53-23-56-24)38(69)58-26(9-2-4-14-46)37(68)59-28(43(74)75)11-6-16-54-44(51)52/h11,21,23,25-27,29-32,34-35,64-65H,1-10,12-20,22,45-50H2,(H,53,56)(H,55,71)(H,57,66)(H,58,69)(H,59,68)(H,60,70)(H,61,67)(H,62,72)(H,74,75)(H4,51,52,54)/b28-11-/t25-,26-,27+,29-,30-,31-,32-,34-,35-/m0/s1. The second-order valence-electron chi connectivity index (χ2n) is 17.6. The number of nitrogens with one attached hydrogen (secondary N) is 8. The fraction of sp³-hybridized carbons (Fsp3) is 0.659. The molecule has 1 fully saturated rings. The van der Waals surface area contributed by atoms with E-state index in [1.54, 1.807) is 0 Å². The van der Waals surface area contributed by atoms with Crippen molar-refractivity contribution in [1.29, 1.82) is 0 Å². The first-order chi connectivity index (χ1) is 35.7. The smallest absolute Gasteiger partial charge is 0.352 e. The molecule has 31 nitrogen and oxygen atoms in total. The lowest BCUT2D eigenvalue weighted by Crippen LogP contribution is -2.63. The number of nitrogens with zero attached hydrogens (tertiary/aromatic N) is 3. The Morgan fingerprint density at radius 3 is 1.95 bits per heavy atom. The number of aliphatic carboxylic acids is 1. The molecule has 1 aromatic heterocycles. The normalized spacial score (nSPS) is 16.6. The van der Waals surface area contributed by atoms with Crippen molar-refractivity contribution < 1.29 is 58.5 Å². The number of carbonyl (C=O) groups excluding carboxylic acids is 8. The van der Waals surface area contributed by atoms with Crippen molar-refractivity contribution in [2.45, 2.75) is 132 Å². The van der Waals surface area contributed by atoms with Gasteiger partial charge in [0.05, 0.1) is 31.1 Å². The summed E-state index contributed by atoms with van der Waals surface area (Å²) >= 11 is 0. The van der Waals surface area contributed by atoms with Crippen molar-refractivity contribution in [1.82, 2.24) is 52.1 Å². The molecule has 9 atom stereocenters. The van der Waals surface area contributed by atoms with Gasteiger partial charge in [-0.2, -0.15) is 0 Å². The van der Waals surface area contributed by atoms with Crippen molar-refractivity contribution in [3.8, 4) is 0 Å². The maximum Gasteiger partial charge on any atom is 0.352 e. The van der Waals surface area contributed by atoms with Crippen LogP contribution in [-0.4, -0.2) is 196 Å². The SMILES string of the molecule is NCCCC[C@H](NC(=O)[C@H](Cc1cnc[nH]1)NC(=O)[C@@H]1CCCN1C(=O)[C@@H](CCCN)NC(=O)CNC(=O)[C@@H](NC(=O)[C@@H](NC(=O)[C@@H](N)CCCCN)[C@@H](O)CN)[C@@H](O)CN)C(=O)N/C(=C\CCN=C(N)N)C(=O)O. The fourth-order valence-corrected chi connectivity index (χ4v) is 7.63. The van der Waals surface area contributed by atoms with E-state index in [0.29, 0.717) is 44.3 Å². The zero-order valence-corrected chi connectivity index (χ0v) is 42.0. The number of amides is 8. The third-order valence-electron chi connectivity index (χ3n) is 11.8. The number of hydrogen-bond donors (Lipinski definition) is 19. The van der Waals surface area contributed by atoms with Gasteiger partial charge in [0, 0.05) is 44.5 Å². The number of aliphatic hydroxyl groups excluding tert-OH is 2. The summed E-state index contributed by atoms with van der Waals surface area (Å²) in [5.74, 6) is -8.80. The number of aromatic amines is 1. The van der Waals surface area contributed by atoms with Crippen molar-refractivity contribution in [3.05, 3.63) is 30.0 Å². The number of carboxylic acid groups (broad SMARTS) is 1. The number of likely N-dealkylation sites (tertiary alicyclic amines) is 1. The average Bonchev–Trinajstić information content (AvgIpc) is 4.10. The quantitative estimate of drug-likeness (QED) is 0.0128. The molecule has 0 aromatic carbocycles. The number of guanidine groups is 1. The predicted molar refractivity (Wildman–Crippen MR) is 271 cm³/mol. The van der Waals surface area contributed by atoms with Crippen LogP contribution in [0.2, 0.25) is 0 Å². The molecule has 27 N–H and O–H groups in total. The first kappa shape index (κ1) is 64.2. The topological polar surface area (TPSA) is 551 Å². The minimum Gasteiger partial charge on any atom is -0.477 e. The van der Waals surface area contributed by atoms with Gasteiger partial charge in [-0.15, -0.1) is 0 Å². The Bertz CT molecular complexity index is 2080. The minimum absolute atomic E-state index is 0.00873. The van der Waals surface area contributed by atoms with Gasteiger partial charge in [-0.3, -0.25) is 43.3 Å². The van der Waals surface area contributed by atoms with Crippen LogP contribution >= 0.6 is 0 Å². The number of H-pyrrole nitrogens is 1. The number of aromatic nitrogens is 2. The van der Waals surface area contributed by atoms with E-state index in [2.05, 4.69) is 52.2 Å². The molecule has 0 spiro atoms. The fourth-order valence-electron chi connectivity index (χ4n) is 7.63. The van der Waals surface area contributed by atoms with E-state index in [4.69, 9.17) is 45.9 Å². The van der Waals surface area contributed by atoms with Crippen molar-refractivity contribution in [3.63, 3.8) is 0 Å². The molecule has 0 aliphatic carbocycles. The average molecular weight is 1070 g/mol. The number of imidazole rings is 1. The molecule has 2 heterocycles. The van der Waals surface area contributed by atoms with Gasteiger partial charge in [0.25, 0.3) is 0 Å². The van der Waals surface area contributed by atoms with E-state index < -0.39 is 133 Å². The third-order valence-corrected chi connectivity index (χ3v) is 11.8. The largest absolute Gasteiger partial charge is 0.477 e. The first-order valence-corrected chi connectivity index (χ1v) is 24.7. The molecule has 0 radical (unpaired) electrons. The molecule has 2 rings (SSSR count). The lowest BCUT2D eigenvalue weighted by Gasteiger charge is -2.30. The summed E-state index contributed by atoms with van der Waals surface area (Å²) in [5, 5.41) is 47.9. The first-order valence-electron chi connectivity index (χ1n) is 24.7. The van der Waals surface area contributed by atoms with E-state index in [9.17, 15) is 58.5 Å². The Morgan fingerprint density at radius 2 is 1.36 bits per heavy atom. The molecular weight excluding hydrogens is 987 g/mol. The number of aliphatic hydroxyl groups is 2. The van der Waals surface area contributed by atoms with Crippen LogP contribution in [0.5, 0.6) is 0 Å². The Hall–Kier alpha value is -6.87. The summed E-state index contributed by atoms with van der Waals surface area (Å²) in [7, 11) is 0. The van der Waals surface area contributed by atoms with Gasteiger partial charge < -0.3 is 108 Å². The number of unbranched alkanes of at least 4 members (excludes halogenated alkanes) is 2. The highest BCUT2D eigenvalue weighted by molar-refractivity contribution is 5.99. The van der Waals surface area contributed by atoms with E-state index in [0.717, 1.165) is 0 Å². The molecule has 8 amide bonds. The Labute approximate surface area is 433 Å². The number of aliphatic imine (C=N–C) groups is 1. The summed E-state index contributed by atoms with van der Waals surface area (Å²) in [6, 6.07) is -9.74. The predicted octanol–water partition coefficient (Wildman–Crippen LogP) is -8.80. The van der Waals surface area contributed by atoms with E-state index in [1.165, 1.54) is 23.5 Å². The molecule has 0 saturated carbocycles. The van der Waals surface area contributed by atoms with E-state index in [-0.39, 0.29) is 77.1 Å². The molecule has 422 valence electrons. The van der Waals surface area contributed by atoms with Gasteiger partial charge >= 0.3 is 5.97 Å². The molecule has 1 aliphatic heterocycles. The second kappa shape index (κ2) is 34.6. The molecular formula is C44H79N19O12. The maximum atomic E-state index is 14.2. The summed E-state index contributed by atoms with van der Waals surface area (Å²) < 4.78 is 0. The van der Waals surface area contributed by atoms with Crippen molar-refractivity contribution in [2.24, 2.45) is 50.9 Å². The zero-order valence-electron chi connectivity index (χ0n) is 42.0. The van der Waals surface area contributed by atoms with Gasteiger partial charge in [0.1, 0.15) is 41.9 Å². The zero-order chi connectivity index (χ0) is 56.0. The Kier molecular flexibility index (Phi) is 29.6. The van der Waals surface area contributed by atoms with E-state index >= 15 is 0 Å². The van der Waals surface area contributed by atoms with Crippen LogP contribution in [0.15, 0.2) is 29.3 Å². The maximum absolute atomic E-state index is 14.2. The summed E-state index contributed by atoms with van der Waals surface area (Å²) in [6.45, 7) is -1.05. The Balaban J connectivity index is 2.27. The van der Waals surface area contributed by atoms with Crippen LogP contribution in [0.3, 0.4) is 0 Å². The van der Waals surface area contributed by atoms with Crippen molar-refractivity contribution in [2.75, 3.05) is 52.4 Å². The highest BCUT2D eigenvalue weighted by Gasteiger charge is 2.40. The number of rotatable bonds is 36. The highest BCUT2D eigenvalue weighted by Crippen LogP contribution is 2.20. The van der Waals surface area contributed by atoms with Crippen LogP contribution in [0, 0.1) is 0 Å². The van der Waals surface area contributed by atoms with Crippen LogP contribution in [-0.2, 0) is 49.6 Å². The van der Waals surface area contributed by atoms with Crippen LogP contribution in [0.25, 0.3) is 0 Å². The molecule has 1 saturated heterocycles. The van der Waals surface area contributed by atoms with E-state index in [1.807, 2.05) is 0 Å². The summed E-state index contributed by atoms with van der Waals surface area (Å²) in [4.78, 5) is 133. The number of hydrogen-bond acceptors (Lipinski definition) is 19. The number of nitrogens with two attached hydrogens (primary N) is 8. The minimum atomic E-state index is -1.82. The lowest BCUT2D eigenvalue weighted by molar-refractivity contribution is -0.142. The van der Waals surface area contributed by atoms with Gasteiger partial charge in [-0.05, 0) is 83.8 Å². The molecule has 1 aliphatic rings. The Morgan fingerprint density at radius 1 is 0.747 bits per heavy atom. The highest BCUT2D eigenvalue weighted by atomic mass is 16.4. The molecule has 31 heteroatoms. The number of carbonyl (C=O) groups is 9. The van der Waals surface area contributed by atoms with Crippen molar-refractivity contribution >= 4 is 59.2 Å². The molecule has 0 bridgehead atoms. The van der Waals surface area contributed by atoms with Crippen LogP contribution in [0.1, 0.15) is 76.3 Å². The number of carboxylic acids is 1. The van der Waals surface area contributed by atoms with Crippen LogP contribution in [0.4, 0.5) is 0 Å².